The summed E-state index contributed by atoms with van der Waals surface area (Å²) >= 11 is 0. The first-order valence-electron chi connectivity index (χ1n) is 9.84. The van der Waals surface area contributed by atoms with Crippen LogP contribution in [0.3, 0.4) is 0 Å². The van der Waals surface area contributed by atoms with E-state index in [1.165, 1.54) is 42.4 Å². The van der Waals surface area contributed by atoms with Crippen LogP contribution in [0, 0.1) is 13.8 Å². The molecule has 2 rings (SSSR count). The Labute approximate surface area is 156 Å². The molecule has 2 aromatic rings. The van der Waals surface area contributed by atoms with Gasteiger partial charge in [0.15, 0.2) is 0 Å². The maximum absolute atomic E-state index is 6.34. The molecule has 0 amide bonds. The summed E-state index contributed by atoms with van der Waals surface area (Å²) in [7, 11) is -0.687. The molecule has 0 fully saturated rings. The lowest BCUT2D eigenvalue weighted by atomic mass is 9.99. The number of unbranched alkanes of at least 4 members (excludes halogenated alkanes) is 2. The van der Waals surface area contributed by atoms with Gasteiger partial charge in [-0.3, -0.25) is 0 Å². The second kappa shape index (κ2) is 9.81. The molecule has 0 aliphatic heterocycles. The lowest BCUT2D eigenvalue weighted by molar-refractivity contribution is 0.469. The van der Waals surface area contributed by atoms with Gasteiger partial charge in [0.05, 0.1) is 0 Å². The largest absolute Gasteiger partial charge is 0.457 e. The van der Waals surface area contributed by atoms with E-state index in [0.29, 0.717) is 0 Å². The van der Waals surface area contributed by atoms with Crippen molar-refractivity contribution in [1.29, 1.82) is 0 Å². The van der Waals surface area contributed by atoms with Crippen molar-refractivity contribution in [3.63, 3.8) is 0 Å². The zero-order valence-corrected chi connectivity index (χ0v) is 17.8. The fraction of sp³-hybridized carbons (Fsp3) is 0.478. The van der Waals surface area contributed by atoms with Gasteiger partial charge in [-0.25, -0.2) is 0 Å². The van der Waals surface area contributed by atoms with E-state index in [0.717, 1.165) is 23.5 Å². The van der Waals surface area contributed by atoms with Crippen LogP contribution in [-0.2, 0) is 6.42 Å². The summed E-state index contributed by atoms with van der Waals surface area (Å²) in [5.74, 6) is 2.02. The molecule has 1 nitrogen and oxygen atoms in total. The Kier molecular flexibility index (Phi) is 7.76. The third-order valence-electron chi connectivity index (χ3n) is 5.32. The minimum Gasteiger partial charge on any atom is -0.457 e. The molecule has 0 saturated carbocycles. The van der Waals surface area contributed by atoms with Crippen molar-refractivity contribution in [1.82, 2.24) is 0 Å². The summed E-state index contributed by atoms with van der Waals surface area (Å²) in [6.07, 6.45) is 6.56. The highest BCUT2D eigenvalue weighted by molar-refractivity contribution is 6.57. The minimum atomic E-state index is -0.687. The average molecular weight is 355 g/mol. The molecule has 0 aromatic heterocycles. The van der Waals surface area contributed by atoms with Gasteiger partial charge >= 0.3 is 0 Å². The van der Waals surface area contributed by atoms with Gasteiger partial charge in [0.1, 0.15) is 11.5 Å². The molecular formula is C23H34OSi. The molecule has 136 valence electrons. The third kappa shape index (κ3) is 5.74. The summed E-state index contributed by atoms with van der Waals surface area (Å²) < 4.78 is 6.34. The number of hydrogen-bond acceptors (Lipinski definition) is 1. The van der Waals surface area contributed by atoms with Crippen molar-refractivity contribution in [2.75, 3.05) is 0 Å². The zero-order chi connectivity index (χ0) is 18.2. The Morgan fingerprint density at radius 1 is 0.960 bits per heavy atom. The number of benzene rings is 2. The van der Waals surface area contributed by atoms with Gasteiger partial charge in [0, 0.05) is 8.80 Å². The summed E-state index contributed by atoms with van der Waals surface area (Å²) in [5, 5.41) is 0. The lowest BCUT2D eigenvalue weighted by Crippen LogP contribution is -2.15. The summed E-state index contributed by atoms with van der Waals surface area (Å²) in [6.45, 7) is 11.6. The Morgan fingerprint density at radius 2 is 1.68 bits per heavy atom. The molecule has 0 bridgehead atoms. The van der Waals surface area contributed by atoms with Crippen LogP contribution >= 0.6 is 0 Å². The van der Waals surface area contributed by atoms with Gasteiger partial charge in [-0.05, 0) is 54.6 Å². The molecule has 0 heterocycles. The van der Waals surface area contributed by atoms with Crippen molar-refractivity contribution in [3.8, 4) is 11.5 Å². The van der Waals surface area contributed by atoms with E-state index in [-0.39, 0.29) is 0 Å². The molecular weight excluding hydrogens is 320 g/mol. The van der Waals surface area contributed by atoms with Crippen LogP contribution in [0.15, 0.2) is 42.5 Å². The third-order valence-corrected chi connectivity index (χ3v) is 7.78. The molecule has 0 aliphatic rings. The quantitative estimate of drug-likeness (QED) is 0.345. The van der Waals surface area contributed by atoms with Crippen molar-refractivity contribution in [2.45, 2.75) is 71.5 Å². The van der Waals surface area contributed by atoms with Crippen LogP contribution in [0.25, 0.3) is 0 Å². The van der Waals surface area contributed by atoms with Crippen molar-refractivity contribution in [3.05, 3.63) is 59.2 Å². The van der Waals surface area contributed by atoms with Gasteiger partial charge in [-0.2, -0.15) is 0 Å². The topological polar surface area (TPSA) is 9.23 Å². The smallest absolute Gasteiger partial charge is 0.133 e. The molecule has 2 aromatic carbocycles. The highest BCUT2D eigenvalue weighted by atomic mass is 28.3. The fourth-order valence-electron chi connectivity index (χ4n) is 3.37. The second-order valence-corrected chi connectivity index (χ2v) is 11.0. The van der Waals surface area contributed by atoms with Gasteiger partial charge in [-0.15, -0.1) is 0 Å². The van der Waals surface area contributed by atoms with Crippen molar-refractivity contribution >= 4 is 8.80 Å². The van der Waals surface area contributed by atoms with Gasteiger partial charge < -0.3 is 4.74 Å². The number of hydrogen-bond donors (Lipinski definition) is 0. The Balaban J connectivity index is 2.25. The van der Waals surface area contributed by atoms with E-state index >= 15 is 0 Å². The minimum absolute atomic E-state index is 0.687. The molecule has 1 unspecified atom stereocenters. The molecule has 2 heteroatoms. The molecule has 0 radical (unpaired) electrons. The van der Waals surface area contributed by atoms with Gasteiger partial charge in [-0.1, -0.05) is 76.0 Å². The van der Waals surface area contributed by atoms with E-state index in [1.54, 1.807) is 0 Å². The molecule has 0 N–H and O–H groups in total. The van der Waals surface area contributed by atoms with Crippen LogP contribution in [-0.4, -0.2) is 8.80 Å². The Bertz CT molecular complexity index is 649. The van der Waals surface area contributed by atoms with Crippen LogP contribution in [0.1, 0.15) is 49.3 Å². The van der Waals surface area contributed by atoms with Gasteiger partial charge in [0.2, 0.25) is 0 Å². The SMILES string of the molecule is CCCCCC(Cc1ccc(C)c(C)c1Oc1ccccc1)[SiH](C)C. The summed E-state index contributed by atoms with van der Waals surface area (Å²) in [4.78, 5) is 0. The van der Waals surface area contributed by atoms with Crippen LogP contribution < -0.4 is 4.74 Å². The van der Waals surface area contributed by atoms with E-state index in [1.807, 2.05) is 30.3 Å². The molecule has 0 spiro atoms. The number of para-hydroxylation sites is 1. The number of aryl methyl sites for hydroxylation is 1. The first kappa shape index (κ1) is 19.8. The second-order valence-electron chi connectivity index (χ2n) is 7.61. The molecule has 25 heavy (non-hydrogen) atoms. The maximum Gasteiger partial charge on any atom is 0.133 e. The molecule has 0 aliphatic carbocycles. The Hall–Kier alpha value is -1.54. The fourth-order valence-corrected chi connectivity index (χ4v) is 4.99. The number of rotatable bonds is 9. The Morgan fingerprint density at radius 3 is 2.32 bits per heavy atom. The maximum atomic E-state index is 6.34. The van der Waals surface area contributed by atoms with Crippen molar-refractivity contribution < 1.29 is 4.74 Å². The van der Waals surface area contributed by atoms with E-state index < -0.39 is 8.80 Å². The first-order chi connectivity index (χ1) is 12.0. The van der Waals surface area contributed by atoms with Crippen molar-refractivity contribution in [2.24, 2.45) is 0 Å². The predicted octanol–water partition coefficient (Wildman–Crippen LogP) is 7.08. The first-order valence-corrected chi connectivity index (χ1v) is 12.8. The highest BCUT2D eigenvalue weighted by Crippen LogP contribution is 2.35. The number of ether oxygens (including phenoxy) is 1. The van der Waals surface area contributed by atoms with Crippen LogP contribution in [0.5, 0.6) is 11.5 Å². The van der Waals surface area contributed by atoms with E-state index in [4.69, 9.17) is 4.74 Å². The monoisotopic (exact) mass is 354 g/mol. The van der Waals surface area contributed by atoms with Crippen LogP contribution in [0.2, 0.25) is 18.6 Å². The van der Waals surface area contributed by atoms with E-state index in [9.17, 15) is 0 Å². The van der Waals surface area contributed by atoms with Gasteiger partial charge in [0.25, 0.3) is 0 Å². The average Bonchev–Trinajstić information content (AvgIpc) is 2.61. The highest BCUT2D eigenvalue weighted by Gasteiger charge is 2.19. The lowest BCUT2D eigenvalue weighted by Gasteiger charge is -2.23. The summed E-state index contributed by atoms with van der Waals surface area (Å²) in [6, 6.07) is 14.7. The normalized spacial score (nSPS) is 12.4. The summed E-state index contributed by atoms with van der Waals surface area (Å²) in [5.41, 5.74) is 4.82. The standard InChI is InChI=1S/C23H34OSi/c1-6-7-9-14-22(25(4)5)17-20-16-15-18(2)19(3)23(20)24-21-12-10-8-11-13-21/h8,10-13,15-16,22,25H,6-7,9,14,17H2,1-5H3. The molecule has 0 saturated heterocycles. The van der Waals surface area contributed by atoms with E-state index in [2.05, 4.69) is 46.0 Å². The predicted molar refractivity (Wildman–Crippen MR) is 113 cm³/mol. The molecule has 1 atom stereocenters. The zero-order valence-electron chi connectivity index (χ0n) is 16.6. The van der Waals surface area contributed by atoms with Crippen LogP contribution in [0.4, 0.5) is 0 Å².